The van der Waals surface area contributed by atoms with E-state index in [1.165, 1.54) is 5.56 Å². The molecule has 0 aliphatic heterocycles. The minimum atomic E-state index is 0.0184. The zero-order chi connectivity index (χ0) is 11.3. The maximum absolute atomic E-state index is 8.98. The Labute approximate surface area is 91.3 Å². The van der Waals surface area contributed by atoms with E-state index in [0.717, 1.165) is 19.4 Å². The van der Waals surface area contributed by atoms with Crippen molar-refractivity contribution in [2.75, 3.05) is 6.61 Å². The summed E-state index contributed by atoms with van der Waals surface area (Å²) in [4.78, 5) is 0. The molecule has 0 aliphatic rings. The lowest BCUT2D eigenvalue weighted by atomic mass is 9.95. The third-order valence-electron chi connectivity index (χ3n) is 2.92. The van der Waals surface area contributed by atoms with Gasteiger partial charge in [-0.2, -0.15) is 5.10 Å². The second kappa shape index (κ2) is 5.28. The van der Waals surface area contributed by atoms with Crippen molar-refractivity contribution in [3.8, 4) is 0 Å². The van der Waals surface area contributed by atoms with Crippen molar-refractivity contribution in [3.05, 3.63) is 18.0 Å². The van der Waals surface area contributed by atoms with Gasteiger partial charge in [0.2, 0.25) is 0 Å². The summed E-state index contributed by atoms with van der Waals surface area (Å²) in [6.45, 7) is 5.30. The van der Waals surface area contributed by atoms with Gasteiger partial charge in [-0.05, 0) is 19.8 Å². The normalized spacial score (nSPS) is 15.2. The van der Waals surface area contributed by atoms with E-state index in [1.54, 1.807) is 4.68 Å². The molecule has 15 heavy (non-hydrogen) atoms. The minimum absolute atomic E-state index is 0.0184. The predicted molar refractivity (Wildman–Crippen MR) is 60.4 cm³/mol. The molecular weight excluding hydrogens is 190 g/mol. The van der Waals surface area contributed by atoms with Crippen molar-refractivity contribution in [1.82, 2.24) is 15.1 Å². The monoisotopic (exact) mass is 211 g/mol. The Morgan fingerprint density at radius 3 is 2.80 bits per heavy atom. The summed E-state index contributed by atoms with van der Waals surface area (Å²) < 4.78 is 1.80. The molecule has 1 atom stereocenters. The van der Waals surface area contributed by atoms with Crippen LogP contribution in [0.3, 0.4) is 0 Å². The van der Waals surface area contributed by atoms with Crippen molar-refractivity contribution < 1.29 is 5.11 Å². The second-order valence-corrected chi connectivity index (χ2v) is 4.26. The average molecular weight is 211 g/mol. The summed E-state index contributed by atoms with van der Waals surface area (Å²) in [5.41, 5.74) is 1.19. The molecule has 2 N–H and O–H groups in total. The first kappa shape index (κ1) is 12.2. The van der Waals surface area contributed by atoms with Crippen molar-refractivity contribution in [1.29, 1.82) is 0 Å². The van der Waals surface area contributed by atoms with E-state index in [9.17, 15) is 0 Å². The number of aryl methyl sites for hydroxylation is 1. The zero-order valence-corrected chi connectivity index (χ0v) is 9.82. The summed E-state index contributed by atoms with van der Waals surface area (Å²) in [5.74, 6) is 0. The Morgan fingerprint density at radius 1 is 1.60 bits per heavy atom. The molecule has 1 unspecified atom stereocenters. The molecule has 1 aromatic heterocycles. The fourth-order valence-corrected chi connectivity index (χ4v) is 1.52. The van der Waals surface area contributed by atoms with Gasteiger partial charge in [0.25, 0.3) is 0 Å². The number of hydrogen-bond donors (Lipinski definition) is 2. The van der Waals surface area contributed by atoms with Gasteiger partial charge in [0.1, 0.15) is 0 Å². The highest BCUT2D eigenvalue weighted by Gasteiger charge is 2.20. The van der Waals surface area contributed by atoms with Crippen LogP contribution < -0.4 is 5.32 Å². The van der Waals surface area contributed by atoms with Gasteiger partial charge in [-0.15, -0.1) is 0 Å². The molecule has 0 spiro atoms. The molecular formula is C11H21N3O. The van der Waals surface area contributed by atoms with Crippen LogP contribution in [0.1, 0.15) is 32.3 Å². The van der Waals surface area contributed by atoms with Crippen LogP contribution in [0.4, 0.5) is 0 Å². The van der Waals surface area contributed by atoms with Crippen LogP contribution in [0.25, 0.3) is 0 Å². The highest BCUT2D eigenvalue weighted by Crippen LogP contribution is 2.14. The van der Waals surface area contributed by atoms with Crippen molar-refractivity contribution in [2.45, 2.75) is 38.8 Å². The fraction of sp³-hybridized carbons (Fsp3) is 0.727. The Morgan fingerprint density at radius 2 is 2.33 bits per heavy atom. The molecule has 0 aliphatic carbocycles. The highest BCUT2D eigenvalue weighted by molar-refractivity contribution is 5.04. The molecule has 0 bridgehead atoms. The fourth-order valence-electron chi connectivity index (χ4n) is 1.52. The van der Waals surface area contributed by atoms with E-state index in [2.05, 4.69) is 24.3 Å². The number of aliphatic hydroxyl groups is 1. The lowest BCUT2D eigenvalue weighted by Crippen LogP contribution is -2.41. The maximum Gasteiger partial charge on any atom is 0.0534 e. The lowest BCUT2D eigenvalue weighted by molar-refractivity contribution is 0.214. The van der Waals surface area contributed by atoms with Gasteiger partial charge in [-0.25, -0.2) is 0 Å². The largest absolute Gasteiger partial charge is 0.396 e. The first-order valence-corrected chi connectivity index (χ1v) is 5.43. The van der Waals surface area contributed by atoms with Crippen LogP contribution in [-0.2, 0) is 13.6 Å². The maximum atomic E-state index is 8.98. The number of nitrogens with one attached hydrogen (secondary N) is 1. The van der Waals surface area contributed by atoms with Crippen LogP contribution in [0.5, 0.6) is 0 Å². The van der Waals surface area contributed by atoms with Gasteiger partial charge < -0.3 is 10.4 Å². The van der Waals surface area contributed by atoms with Gasteiger partial charge >= 0.3 is 0 Å². The highest BCUT2D eigenvalue weighted by atomic mass is 16.3. The molecule has 0 saturated carbocycles. The number of aliphatic hydroxyl groups excluding tert-OH is 1. The standard InChI is InChI=1S/C11H21N3O/c1-4-11(2,5-6-15)12-7-10-8-13-14(3)9-10/h8-9,12,15H,4-7H2,1-3H3. The molecule has 1 heterocycles. The van der Waals surface area contributed by atoms with Gasteiger partial charge in [-0.3, -0.25) is 4.68 Å². The number of aromatic nitrogens is 2. The second-order valence-electron chi connectivity index (χ2n) is 4.26. The van der Waals surface area contributed by atoms with Crippen molar-refractivity contribution >= 4 is 0 Å². The van der Waals surface area contributed by atoms with E-state index < -0.39 is 0 Å². The average Bonchev–Trinajstić information content (AvgIpc) is 2.62. The van der Waals surface area contributed by atoms with Crippen molar-refractivity contribution in [2.24, 2.45) is 7.05 Å². The van der Waals surface area contributed by atoms with Crippen LogP contribution in [-0.4, -0.2) is 27.0 Å². The van der Waals surface area contributed by atoms with Crippen LogP contribution in [0, 0.1) is 0 Å². The van der Waals surface area contributed by atoms with Gasteiger partial charge in [0.05, 0.1) is 6.20 Å². The Bertz CT molecular complexity index is 298. The molecule has 0 fully saturated rings. The molecule has 0 saturated heterocycles. The smallest absolute Gasteiger partial charge is 0.0534 e. The number of nitrogens with zero attached hydrogens (tertiary/aromatic N) is 2. The summed E-state index contributed by atoms with van der Waals surface area (Å²) in [7, 11) is 1.91. The molecule has 4 nitrogen and oxygen atoms in total. The lowest BCUT2D eigenvalue weighted by Gasteiger charge is -2.28. The van der Waals surface area contributed by atoms with Gasteiger partial charge in [0, 0.05) is 37.5 Å². The molecule has 86 valence electrons. The molecule has 1 rings (SSSR count). The Hall–Kier alpha value is -0.870. The number of rotatable bonds is 6. The van der Waals surface area contributed by atoms with E-state index in [4.69, 9.17) is 5.11 Å². The molecule has 1 aromatic rings. The number of hydrogen-bond acceptors (Lipinski definition) is 3. The zero-order valence-electron chi connectivity index (χ0n) is 9.82. The SMILES string of the molecule is CCC(C)(CCO)NCc1cnn(C)c1. The summed E-state index contributed by atoms with van der Waals surface area (Å²) in [6.07, 6.45) is 5.65. The van der Waals surface area contributed by atoms with E-state index in [0.29, 0.717) is 0 Å². The van der Waals surface area contributed by atoms with Crippen molar-refractivity contribution in [3.63, 3.8) is 0 Å². The van der Waals surface area contributed by atoms with E-state index >= 15 is 0 Å². The summed E-state index contributed by atoms with van der Waals surface area (Å²) >= 11 is 0. The van der Waals surface area contributed by atoms with Crippen LogP contribution in [0.15, 0.2) is 12.4 Å². The van der Waals surface area contributed by atoms with Crippen LogP contribution >= 0.6 is 0 Å². The molecule has 0 radical (unpaired) electrons. The van der Waals surface area contributed by atoms with Gasteiger partial charge in [-0.1, -0.05) is 6.92 Å². The topological polar surface area (TPSA) is 50.1 Å². The van der Waals surface area contributed by atoms with Gasteiger partial charge in [0.15, 0.2) is 0 Å². The van der Waals surface area contributed by atoms with Crippen LogP contribution in [0.2, 0.25) is 0 Å². The summed E-state index contributed by atoms with van der Waals surface area (Å²) in [5, 5.41) is 16.6. The Kier molecular flexibility index (Phi) is 4.29. The predicted octanol–water partition coefficient (Wildman–Crippen LogP) is 1.06. The minimum Gasteiger partial charge on any atom is -0.396 e. The Balaban J connectivity index is 2.47. The third-order valence-corrected chi connectivity index (χ3v) is 2.92. The molecule has 0 aromatic carbocycles. The first-order chi connectivity index (χ1) is 7.09. The summed E-state index contributed by atoms with van der Waals surface area (Å²) in [6, 6.07) is 0. The quantitative estimate of drug-likeness (QED) is 0.740. The van der Waals surface area contributed by atoms with E-state index in [1.807, 2.05) is 19.4 Å². The molecule has 0 amide bonds. The first-order valence-electron chi connectivity index (χ1n) is 5.43. The van der Waals surface area contributed by atoms with E-state index in [-0.39, 0.29) is 12.1 Å². The molecule has 4 heteroatoms. The third kappa shape index (κ3) is 3.64.